The first-order valence-corrected chi connectivity index (χ1v) is 5.28. The van der Waals surface area contributed by atoms with E-state index in [1.807, 2.05) is 12.1 Å². The summed E-state index contributed by atoms with van der Waals surface area (Å²) in [7, 11) is 0. The third-order valence-corrected chi connectivity index (χ3v) is 2.10. The summed E-state index contributed by atoms with van der Waals surface area (Å²) < 4.78 is 5.59. The van der Waals surface area contributed by atoms with Gasteiger partial charge in [-0.05, 0) is 37.1 Å². The number of hydrogen-bond donors (Lipinski definition) is 1. The standard InChI is InChI=1S/C12H19NO/c1-2-3-9-14-12-6-4-5-11(10-12)7-8-13/h4-6,10H,2-3,7-9,13H2,1H3. The van der Waals surface area contributed by atoms with E-state index >= 15 is 0 Å². The van der Waals surface area contributed by atoms with Crippen LogP contribution in [0.25, 0.3) is 0 Å². The molecule has 14 heavy (non-hydrogen) atoms. The van der Waals surface area contributed by atoms with Crippen molar-refractivity contribution in [1.82, 2.24) is 0 Å². The smallest absolute Gasteiger partial charge is 0.119 e. The third-order valence-electron chi connectivity index (χ3n) is 2.10. The Hall–Kier alpha value is -1.02. The van der Waals surface area contributed by atoms with Crippen LogP contribution in [0.1, 0.15) is 25.3 Å². The fourth-order valence-electron chi connectivity index (χ4n) is 1.29. The molecule has 0 atom stereocenters. The quantitative estimate of drug-likeness (QED) is 0.704. The first-order chi connectivity index (χ1) is 6.86. The fraction of sp³-hybridized carbons (Fsp3) is 0.500. The van der Waals surface area contributed by atoms with Gasteiger partial charge in [-0.15, -0.1) is 0 Å². The van der Waals surface area contributed by atoms with E-state index < -0.39 is 0 Å². The molecule has 1 aromatic rings. The molecule has 2 heteroatoms. The molecule has 0 saturated heterocycles. The normalized spacial score (nSPS) is 10.1. The Morgan fingerprint density at radius 1 is 1.36 bits per heavy atom. The predicted octanol–water partition coefficient (Wildman–Crippen LogP) is 2.37. The Kier molecular flexibility index (Phi) is 5.08. The van der Waals surface area contributed by atoms with Crippen molar-refractivity contribution < 1.29 is 4.74 Å². The van der Waals surface area contributed by atoms with Gasteiger partial charge in [-0.2, -0.15) is 0 Å². The van der Waals surface area contributed by atoms with Gasteiger partial charge in [0.05, 0.1) is 6.61 Å². The summed E-state index contributed by atoms with van der Waals surface area (Å²) in [5, 5.41) is 0. The number of ether oxygens (including phenoxy) is 1. The molecule has 0 unspecified atom stereocenters. The van der Waals surface area contributed by atoms with Crippen LogP contribution >= 0.6 is 0 Å². The Morgan fingerprint density at radius 3 is 2.93 bits per heavy atom. The van der Waals surface area contributed by atoms with Crippen molar-refractivity contribution >= 4 is 0 Å². The zero-order valence-electron chi connectivity index (χ0n) is 8.83. The van der Waals surface area contributed by atoms with Crippen LogP contribution in [0.5, 0.6) is 5.75 Å². The zero-order chi connectivity index (χ0) is 10.2. The van der Waals surface area contributed by atoms with Gasteiger partial charge < -0.3 is 10.5 Å². The second-order valence-electron chi connectivity index (χ2n) is 3.39. The Morgan fingerprint density at radius 2 is 2.21 bits per heavy atom. The van der Waals surface area contributed by atoms with Crippen molar-refractivity contribution in [3.63, 3.8) is 0 Å². The minimum Gasteiger partial charge on any atom is -0.494 e. The minimum atomic E-state index is 0.693. The van der Waals surface area contributed by atoms with Crippen LogP contribution in [0.15, 0.2) is 24.3 Å². The average Bonchev–Trinajstić information content (AvgIpc) is 2.19. The van der Waals surface area contributed by atoms with E-state index in [9.17, 15) is 0 Å². The number of unbranched alkanes of at least 4 members (excludes halogenated alkanes) is 1. The number of hydrogen-bond acceptors (Lipinski definition) is 2. The Bertz CT molecular complexity index is 260. The number of benzene rings is 1. The van der Waals surface area contributed by atoms with E-state index in [0.29, 0.717) is 6.54 Å². The second kappa shape index (κ2) is 6.44. The summed E-state index contributed by atoms with van der Waals surface area (Å²) in [4.78, 5) is 0. The maximum Gasteiger partial charge on any atom is 0.119 e. The highest BCUT2D eigenvalue weighted by Crippen LogP contribution is 2.13. The molecule has 0 radical (unpaired) electrons. The van der Waals surface area contributed by atoms with E-state index in [-0.39, 0.29) is 0 Å². The lowest BCUT2D eigenvalue weighted by molar-refractivity contribution is 0.309. The summed E-state index contributed by atoms with van der Waals surface area (Å²) in [5.74, 6) is 0.962. The molecule has 0 heterocycles. The van der Waals surface area contributed by atoms with Crippen molar-refractivity contribution in [2.75, 3.05) is 13.2 Å². The molecule has 0 spiro atoms. The van der Waals surface area contributed by atoms with E-state index in [4.69, 9.17) is 10.5 Å². The molecule has 0 fully saturated rings. The lowest BCUT2D eigenvalue weighted by Crippen LogP contribution is -2.03. The molecule has 2 nitrogen and oxygen atoms in total. The molecule has 0 aromatic heterocycles. The molecular weight excluding hydrogens is 174 g/mol. The zero-order valence-corrected chi connectivity index (χ0v) is 8.83. The third kappa shape index (κ3) is 3.79. The monoisotopic (exact) mass is 193 g/mol. The van der Waals surface area contributed by atoms with Crippen LogP contribution < -0.4 is 10.5 Å². The highest BCUT2D eigenvalue weighted by Gasteiger charge is 1.95. The first kappa shape index (κ1) is 11.1. The molecule has 0 amide bonds. The van der Waals surface area contributed by atoms with Crippen LogP contribution in [-0.4, -0.2) is 13.2 Å². The van der Waals surface area contributed by atoms with Crippen molar-refractivity contribution in [3.8, 4) is 5.75 Å². The lowest BCUT2D eigenvalue weighted by Gasteiger charge is -2.06. The van der Waals surface area contributed by atoms with Gasteiger partial charge in [0, 0.05) is 0 Å². The van der Waals surface area contributed by atoms with Gasteiger partial charge >= 0.3 is 0 Å². The summed E-state index contributed by atoms with van der Waals surface area (Å²) in [6.45, 7) is 3.66. The van der Waals surface area contributed by atoms with Gasteiger partial charge in [-0.3, -0.25) is 0 Å². The van der Waals surface area contributed by atoms with Crippen molar-refractivity contribution in [1.29, 1.82) is 0 Å². The fourth-order valence-corrected chi connectivity index (χ4v) is 1.29. The molecule has 1 aromatic carbocycles. The molecule has 1 rings (SSSR count). The van der Waals surface area contributed by atoms with Crippen LogP contribution in [0, 0.1) is 0 Å². The SMILES string of the molecule is CCCCOc1cccc(CCN)c1. The minimum absolute atomic E-state index is 0.693. The van der Waals surface area contributed by atoms with Gasteiger partial charge in [-0.25, -0.2) is 0 Å². The summed E-state index contributed by atoms with van der Waals surface area (Å²) in [6.07, 6.45) is 3.20. The largest absolute Gasteiger partial charge is 0.494 e. The van der Waals surface area contributed by atoms with E-state index in [1.54, 1.807) is 0 Å². The average molecular weight is 193 g/mol. The Labute approximate surface area is 86.1 Å². The molecule has 0 saturated carbocycles. The summed E-state index contributed by atoms with van der Waals surface area (Å²) in [5.41, 5.74) is 6.74. The Balaban J connectivity index is 2.46. The lowest BCUT2D eigenvalue weighted by atomic mass is 10.1. The van der Waals surface area contributed by atoms with E-state index in [1.165, 1.54) is 12.0 Å². The molecule has 0 aliphatic heterocycles. The van der Waals surface area contributed by atoms with Crippen LogP contribution in [0.2, 0.25) is 0 Å². The molecule has 0 bridgehead atoms. The van der Waals surface area contributed by atoms with Gasteiger partial charge in [0.15, 0.2) is 0 Å². The van der Waals surface area contributed by atoms with Gasteiger partial charge in [0.25, 0.3) is 0 Å². The number of nitrogens with two attached hydrogens (primary N) is 1. The van der Waals surface area contributed by atoms with Crippen LogP contribution in [0.4, 0.5) is 0 Å². The topological polar surface area (TPSA) is 35.2 Å². The van der Waals surface area contributed by atoms with E-state index in [0.717, 1.165) is 25.2 Å². The first-order valence-electron chi connectivity index (χ1n) is 5.28. The van der Waals surface area contributed by atoms with Crippen LogP contribution in [0.3, 0.4) is 0 Å². The van der Waals surface area contributed by atoms with Crippen LogP contribution in [-0.2, 0) is 6.42 Å². The van der Waals surface area contributed by atoms with Crippen molar-refractivity contribution in [2.45, 2.75) is 26.2 Å². The molecule has 0 aliphatic rings. The van der Waals surface area contributed by atoms with Gasteiger partial charge in [0.2, 0.25) is 0 Å². The van der Waals surface area contributed by atoms with Gasteiger partial charge in [-0.1, -0.05) is 25.5 Å². The number of rotatable bonds is 6. The molecular formula is C12H19NO. The summed E-state index contributed by atoms with van der Waals surface area (Å²) >= 11 is 0. The highest BCUT2D eigenvalue weighted by molar-refractivity contribution is 5.28. The maximum absolute atomic E-state index is 5.59. The second-order valence-corrected chi connectivity index (χ2v) is 3.39. The van der Waals surface area contributed by atoms with Gasteiger partial charge in [0.1, 0.15) is 5.75 Å². The molecule has 2 N–H and O–H groups in total. The molecule has 78 valence electrons. The maximum atomic E-state index is 5.59. The van der Waals surface area contributed by atoms with E-state index in [2.05, 4.69) is 19.1 Å². The highest BCUT2D eigenvalue weighted by atomic mass is 16.5. The summed E-state index contributed by atoms with van der Waals surface area (Å²) in [6, 6.07) is 8.17. The molecule has 0 aliphatic carbocycles. The van der Waals surface area contributed by atoms with Crippen molar-refractivity contribution in [2.24, 2.45) is 5.73 Å². The van der Waals surface area contributed by atoms with Crippen molar-refractivity contribution in [3.05, 3.63) is 29.8 Å². The predicted molar refractivity (Wildman–Crippen MR) is 59.6 cm³/mol.